The van der Waals surface area contributed by atoms with E-state index in [9.17, 15) is 4.79 Å². The SMILES string of the molecule is O=C(NCCN1CCC(c2ccccc2)CC1)[C@@H]1CCCCO1. The van der Waals surface area contributed by atoms with E-state index in [0.717, 1.165) is 52.0 Å². The number of nitrogens with zero attached hydrogens (tertiary/aromatic N) is 1. The van der Waals surface area contributed by atoms with Crippen LogP contribution < -0.4 is 5.32 Å². The average Bonchev–Trinajstić information content (AvgIpc) is 2.64. The molecule has 0 aliphatic carbocycles. The number of amides is 1. The summed E-state index contributed by atoms with van der Waals surface area (Å²) in [5.74, 6) is 0.765. The van der Waals surface area contributed by atoms with Gasteiger partial charge in [-0.1, -0.05) is 30.3 Å². The molecule has 2 heterocycles. The molecule has 1 N–H and O–H groups in total. The third-order valence-electron chi connectivity index (χ3n) is 5.06. The van der Waals surface area contributed by atoms with E-state index in [1.807, 2.05) is 0 Å². The van der Waals surface area contributed by atoms with Gasteiger partial charge in [-0.15, -0.1) is 0 Å². The van der Waals surface area contributed by atoms with Crippen molar-refractivity contribution in [3.05, 3.63) is 35.9 Å². The van der Waals surface area contributed by atoms with Crippen molar-refractivity contribution in [2.45, 2.75) is 44.1 Å². The van der Waals surface area contributed by atoms with E-state index in [1.165, 1.54) is 18.4 Å². The van der Waals surface area contributed by atoms with Crippen LogP contribution in [0.4, 0.5) is 0 Å². The van der Waals surface area contributed by atoms with Crippen molar-refractivity contribution in [1.82, 2.24) is 10.2 Å². The standard InChI is InChI=1S/C19H28N2O2/c22-19(18-8-4-5-15-23-18)20-11-14-21-12-9-17(10-13-21)16-6-2-1-3-7-16/h1-3,6-7,17-18H,4-5,8-15H2,(H,20,22)/t18-/m0/s1. The first kappa shape index (κ1) is 16.5. The summed E-state index contributed by atoms with van der Waals surface area (Å²) in [6.45, 7) is 4.64. The lowest BCUT2D eigenvalue weighted by Crippen LogP contribution is -2.43. The van der Waals surface area contributed by atoms with Gasteiger partial charge in [0.25, 0.3) is 0 Å². The van der Waals surface area contributed by atoms with Crippen molar-refractivity contribution in [2.75, 3.05) is 32.8 Å². The van der Waals surface area contributed by atoms with Crippen LogP contribution >= 0.6 is 0 Å². The predicted molar refractivity (Wildman–Crippen MR) is 91.5 cm³/mol. The molecule has 1 aromatic rings. The molecule has 23 heavy (non-hydrogen) atoms. The van der Waals surface area contributed by atoms with E-state index in [2.05, 4.69) is 40.5 Å². The normalized spacial score (nSPS) is 23.6. The number of benzene rings is 1. The first-order chi connectivity index (χ1) is 11.3. The van der Waals surface area contributed by atoms with E-state index < -0.39 is 0 Å². The molecule has 0 spiro atoms. The number of hydrogen-bond donors (Lipinski definition) is 1. The molecule has 2 aliphatic rings. The van der Waals surface area contributed by atoms with Crippen molar-refractivity contribution in [1.29, 1.82) is 0 Å². The number of likely N-dealkylation sites (tertiary alicyclic amines) is 1. The lowest BCUT2D eigenvalue weighted by Gasteiger charge is -2.32. The molecule has 1 atom stereocenters. The van der Waals surface area contributed by atoms with Crippen LogP contribution in [0.2, 0.25) is 0 Å². The summed E-state index contributed by atoms with van der Waals surface area (Å²) < 4.78 is 5.52. The van der Waals surface area contributed by atoms with E-state index in [1.54, 1.807) is 0 Å². The molecule has 2 saturated heterocycles. The van der Waals surface area contributed by atoms with Gasteiger partial charge in [0.05, 0.1) is 0 Å². The highest BCUT2D eigenvalue weighted by Gasteiger charge is 2.23. The summed E-state index contributed by atoms with van der Waals surface area (Å²) in [5.41, 5.74) is 1.47. The van der Waals surface area contributed by atoms with Crippen molar-refractivity contribution < 1.29 is 9.53 Å². The minimum absolute atomic E-state index is 0.0730. The number of rotatable bonds is 5. The van der Waals surface area contributed by atoms with Crippen LogP contribution in [0.5, 0.6) is 0 Å². The summed E-state index contributed by atoms with van der Waals surface area (Å²) in [4.78, 5) is 14.5. The Bertz CT molecular complexity index is 477. The highest BCUT2D eigenvalue weighted by molar-refractivity contribution is 5.80. The Morgan fingerprint density at radius 3 is 2.61 bits per heavy atom. The third-order valence-corrected chi connectivity index (χ3v) is 5.06. The molecule has 0 bridgehead atoms. The van der Waals surface area contributed by atoms with Gasteiger partial charge < -0.3 is 15.0 Å². The van der Waals surface area contributed by atoms with Crippen LogP contribution in [-0.4, -0.2) is 49.7 Å². The van der Waals surface area contributed by atoms with Crippen molar-refractivity contribution in [3.63, 3.8) is 0 Å². The van der Waals surface area contributed by atoms with Crippen LogP contribution in [0.15, 0.2) is 30.3 Å². The number of nitrogens with one attached hydrogen (secondary N) is 1. The van der Waals surface area contributed by atoms with Crippen molar-refractivity contribution >= 4 is 5.91 Å². The van der Waals surface area contributed by atoms with Crippen LogP contribution in [0, 0.1) is 0 Å². The van der Waals surface area contributed by atoms with E-state index >= 15 is 0 Å². The number of carbonyl (C=O) groups excluding carboxylic acids is 1. The largest absolute Gasteiger partial charge is 0.368 e. The molecule has 1 amide bonds. The second-order valence-corrected chi connectivity index (χ2v) is 6.67. The summed E-state index contributed by atoms with van der Waals surface area (Å²) >= 11 is 0. The predicted octanol–water partition coefficient (Wildman–Crippen LogP) is 2.55. The van der Waals surface area contributed by atoms with Gasteiger partial charge in [-0.25, -0.2) is 0 Å². The molecule has 126 valence electrons. The maximum Gasteiger partial charge on any atom is 0.249 e. The van der Waals surface area contributed by atoms with Crippen LogP contribution in [0.25, 0.3) is 0 Å². The Kier molecular flexibility index (Phi) is 6.06. The zero-order chi connectivity index (χ0) is 15.9. The molecule has 1 aromatic carbocycles. The van der Waals surface area contributed by atoms with Gasteiger partial charge in [-0.05, 0) is 56.7 Å². The van der Waals surface area contributed by atoms with Gasteiger partial charge in [0.15, 0.2) is 0 Å². The Hall–Kier alpha value is -1.39. The fraction of sp³-hybridized carbons (Fsp3) is 0.632. The first-order valence-corrected chi connectivity index (χ1v) is 8.99. The fourth-order valence-corrected chi connectivity index (χ4v) is 3.61. The number of piperidine rings is 1. The Morgan fingerprint density at radius 1 is 1.13 bits per heavy atom. The van der Waals surface area contributed by atoms with Gasteiger partial charge in [-0.2, -0.15) is 0 Å². The molecular weight excluding hydrogens is 288 g/mol. The zero-order valence-electron chi connectivity index (χ0n) is 13.9. The molecule has 0 radical (unpaired) electrons. The number of hydrogen-bond acceptors (Lipinski definition) is 3. The molecule has 2 aliphatic heterocycles. The van der Waals surface area contributed by atoms with E-state index in [4.69, 9.17) is 4.74 Å². The highest BCUT2D eigenvalue weighted by atomic mass is 16.5. The maximum atomic E-state index is 12.0. The minimum Gasteiger partial charge on any atom is -0.368 e. The smallest absolute Gasteiger partial charge is 0.249 e. The lowest BCUT2D eigenvalue weighted by molar-refractivity contribution is -0.135. The molecule has 2 fully saturated rings. The topological polar surface area (TPSA) is 41.6 Å². The van der Waals surface area contributed by atoms with Crippen molar-refractivity contribution in [2.24, 2.45) is 0 Å². The zero-order valence-corrected chi connectivity index (χ0v) is 13.9. The summed E-state index contributed by atoms with van der Waals surface area (Å²) in [5, 5.41) is 3.04. The third kappa shape index (κ3) is 4.79. The van der Waals surface area contributed by atoms with Crippen molar-refractivity contribution in [3.8, 4) is 0 Å². The number of carbonyl (C=O) groups is 1. The van der Waals surface area contributed by atoms with Gasteiger partial charge in [-0.3, -0.25) is 4.79 Å². The fourth-order valence-electron chi connectivity index (χ4n) is 3.61. The van der Waals surface area contributed by atoms with Crippen LogP contribution in [-0.2, 0) is 9.53 Å². The Balaban J connectivity index is 1.34. The average molecular weight is 316 g/mol. The molecule has 4 nitrogen and oxygen atoms in total. The summed E-state index contributed by atoms with van der Waals surface area (Å²) in [6.07, 6.45) is 5.26. The molecule has 4 heteroatoms. The lowest BCUT2D eigenvalue weighted by atomic mass is 9.89. The quantitative estimate of drug-likeness (QED) is 0.908. The van der Waals surface area contributed by atoms with E-state index in [0.29, 0.717) is 5.92 Å². The first-order valence-electron chi connectivity index (χ1n) is 8.99. The maximum absolute atomic E-state index is 12.0. The monoisotopic (exact) mass is 316 g/mol. The van der Waals surface area contributed by atoms with Gasteiger partial charge in [0.2, 0.25) is 5.91 Å². The van der Waals surface area contributed by atoms with Gasteiger partial charge in [0, 0.05) is 19.7 Å². The Morgan fingerprint density at radius 2 is 1.91 bits per heavy atom. The van der Waals surface area contributed by atoms with Crippen LogP contribution in [0.3, 0.4) is 0 Å². The van der Waals surface area contributed by atoms with Gasteiger partial charge in [0.1, 0.15) is 6.10 Å². The summed E-state index contributed by atoms with van der Waals surface area (Å²) in [6, 6.07) is 10.8. The molecule has 0 unspecified atom stereocenters. The minimum atomic E-state index is -0.215. The second-order valence-electron chi connectivity index (χ2n) is 6.67. The molecule has 0 aromatic heterocycles. The van der Waals surface area contributed by atoms with Gasteiger partial charge >= 0.3 is 0 Å². The second kappa shape index (κ2) is 8.46. The Labute approximate surface area is 139 Å². The van der Waals surface area contributed by atoms with E-state index in [-0.39, 0.29) is 12.0 Å². The number of ether oxygens (including phenoxy) is 1. The van der Waals surface area contributed by atoms with Crippen LogP contribution in [0.1, 0.15) is 43.6 Å². The highest BCUT2D eigenvalue weighted by Crippen LogP contribution is 2.27. The molecule has 3 rings (SSSR count). The summed E-state index contributed by atoms with van der Waals surface area (Å²) in [7, 11) is 0. The molecular formula is C19H28N2O2. The molecule has 0 saturated carbocycles.